The van der Waals surface area contributed by atoms with E-state index in [9.17, 15) is 4.79 Å². The lowest BCUT2D eigenvalue weighted by molar-refractivity contribution is 0.0950. The zero-order valence-electron chi connectivity index (χ0n) is 13.4. The fraction of sp³-hybridized carbons (Fsp3) is 0.176. The van der Waals surface area contributed by atoms with Crippen LogP contribution in [0.4, 0.5) is 11.8 Å². The van der Waals surface area contributed by atoms with Crippen LogP contribution in [0.3, 0.4) is 0 Å². The van der Waals surface area contributed by atoms with E-state index in [1.807, 2.05) is 31.2 Å². The van der Waals surface area contributed by atoms with E-state index in [1.54, 1.807) is 13.0 Å². The number of benzene rings is 1. The normalized spacial score (nSPS) is 10.4. The maximum atomic E-state index is 12.1. The summed E-state index contributed by atoms with van der Waals surface area (Å²) in [6, 6.07) is 9.71. The second-order valence-corrected chi connectivity index (χ2v) is 5.41. The minimum atomic E-state index is -0.222. The molecule has 1 aromatic carbocycles. The molecular weight excluding hydrogens is 306 g/mol. The number of aryl methyl sites for hydroxylation is 2. The Morgan fingerprint density at radius 3 is 2.62 bits per heavy atom. The molecule has 0 bridgehead atoms. The predicted octanol–water partition coefficient (Wildman–Crippen LogP) is 2.76. The van der Waals surface area contributed by atoms with Crippen LogP contribution in [0.5, 0.6) is 0 Å². The summed E-state index contributed by atoms with van der Waals surface area (Å²) in [4.78, 5) is 20.4. The first-order valence-corrected chi connectivity index (χ1v) is 7.46. The molecule has 7 nitrogen and oxygen atoms in total. The van der Waals surface area contributed by atoms with Crippen LogP contribution in [0, 0.1) is 13.8 Å². The lowest BCUT2D eigenvalue weighted by Crippen LogP contribution is -2.23. The number of hydrogen-bond donors (Lipinski definition) is 2. The van der Waals surface area contributed by atoms with Crippen molar-refractivity contribution in [1.29, 1.82) is 0 Å². The minimum Gasteiger partial charge on any atom is -0.360 e. The monoisotopic (exact) mass is 323 g/mol. The van der Waals surface area contributed by atoms with Gasteiger partial charge in [-0.05, 0) is 19.4 Å². The Hall–Kier alpha value is -3.22. The first-order valence-electron chi connectivity index (χ1n) is 7.46. The van der Waals surface area contributed by atoms with Gasteiger partial charge in [0.25, 0.3) is 5.91 Å². The molecule has 2 heterocycles. The standard InChI is InChI=1S/C17H17N5O2/c1-11-4-3-5-13(6-11)8-18-16(23)14-9-19-17(20-10-14)21-15-7-12(2)24-22-15/h3-7,9-10H,8H2,1-2H3,(H,18,23)(H,19,20,21,22). The molecule has 3 rings (SSSR count). The largest absolute Gasteiger partial charge is 0.360 e. The van der Waals surface area contributed by atoms with Crippen molar-refractivity contribution >= 4 is 17.7 Å². The number of amides is 1. The summed E-state index contributed by atoms with van der Waals surface area (Å²) in [5.74, 6) is 1.33. The van der Waals surface area contributed by atoms with E-state index in [2.05, 4.69) is 25.8 Å². The highest BCUT2D eigenvalue weighted by molar-refractivity contribution is 5.93. The van der Waals surface area contributed by atoms with E-state index in [0.29, 0.717) is 29.6 Å². The van der Waals surface area contributed by atoms with Crippen LogP contribution >= 0.6 is 0 Å². The van der Waals surface area contributed by atoms with Gasteiger partial charge in [-0.15, -0.1) is 0 Å². The fourth-order valence-electron chi connectivity index (χ4n) is 2.16. The molecule has 0 aliphatic heterocycles. The van der Waals surface area contributed by atoms with E-state index >= 15 is 0 Å². The highest BCUT2D eigenvalue weighted by Crippen LogP contribution is 2.12. The highest BCUT2D eigenvalue weighted by Gasteiger charge is 2.08. The molecule has 3 aromatic rings. The molecule has 1 amide bonds. The van der Waals surface area contributed by atoms with Crippen molar-refractivity contribution in [3.05, 3.63) is 65.2 Å². The van der Waals surface area contributed by atoms with Gasteiger partial charge >= 0.3 is 0 Å². The summed E-state index contributed by atoms with van der Waals surface area (Å²) >= 11 is 0. The first kappa shape index (κ1) is 15.7. The summed E-state index contributed by atoms with van der Waals surface area (Å²) in [6.07, 6.45) is 2.93. The lowest BCUT2D eigenvalue weighted by atomic mass is 10.1. The summed E-state index contributed by atoms with van der Waals surface area (Å²) in [6.45, 7) is 4.26. The predicted molar refractivity (Wildman–Crippen MR) is 88.9 cm³/mol. The molecule has 0 radical (unpaired) electrons. The average molecular weight is 323 g/mol. The van der Waals surface area contributed by atoms with Crippen LogP contribution in [0.15, 0.2) is 47.2 Å². The zero-order valence-corrected chi connectivity index (χ0v) is 13.4. The van der Waals surface area contributed by atoms with Gasteiger partial charge in [-0.1, -0.05) is 35.0 Å². The maximum Gasteiger partial charge on any atom is 0.254 e. The van der Waals surface area contributed by atoms with E-state index < -0.39 is 0 Å². The van der Waals surface area contributed by atoms with Gasteiger partial charge in [0.1, 0.15) is 5.76 Å². The first-order chi connectivity index (χ1) is 11.6. The molecule has 7 heteroatoms. The Kier molecular flexibility index (Phi) is 4.51. The van der Waals surface area contributed by atoms with Crippen molar-refractivity contribution in [3.63, 3.8) is 0 Å². The summed E-state index contributed by atoms with van der Waals surface area (Å²) in [5, 5.41) is 9.54. The van der Waals surface area contributed by atoms with Crippen molar-refractivity contribution < 1.29 is 9.32 Å². The number of nitrogens with one attached hydrogen (secondary N) is 2. The van der Waals surface area contributed by atoms with E-state index in [0.717, 1.165) is 11.1 Å². The Morgan fingerprint density at radius 1 is 1.17 bits per heavy atom. The fourth-order valence-corrected chi connectivity index (χ4v) is 2.16. The van der Waals surface area contributed by atoms with Gasteiger partial charge < -0.3 is 15.2 Å². The topological polar surface area (TPSA) is 92.9 Å². The van der Waals surface area contributed by atoms with Gasteiger partial charge in [-0.2, -0.15) is 0 Å². The second-order valence-electron chi connectivity index (χ2n) is 5.41. The summed E-state index contributed by atoms with van der Waals surface area (Å²) in [5.41, 5.74) is 2.59. The van der Waals surface area contributed by atoms with Crippen LogP contribution in [0.25, 0.3) is 0 Å². The molecule has 0 saturated carbocycles. The van der Waals surface area contributed by atoms with Crippen LogP contribution in [-0.2, 0) is 6.54 Å². The number of hydrogen-bond acceptors (Lipinski definition) is 6. The van der Waals surface area contributed by atoms with Gasteiger partial charge in [0.2, 0.25) is 5.95 Å². The van der Waals surface area contributed by atoms with Crippen LogP contribution in [0.1, 0.15) is 27.2 Å². The number of aromatic nitrogens is 3. The summed E-state index contributed by atoms with van der Waals surface area (Å²) < 4.78 is 4.95. The molecule has 2 aromatic heterocycles. The summed E-state index contributed by atoms with van der Waals surface area (Å²) in [7, 11) is 0. The van der Waals surface area contributed by atoms with Crippen molar-refractivity contribution in [3.8, 4) is 0 Å². The number of nitrogens with zero attached hydrogens (tertiary/aromatic N) is 3. The Bertz CT molecular complexity index is 842. The highest BCUT2D eigenvalue weighted by atomic mass is 16.5. The van der Waals surface area contributed by atoms with Crippen molar-refractivity contribution in [2.45, 2.75) is 20.4 Å². The van der Waals surface area contributed by atoms with E-state index in [1.165, 1.54) is 12.4 Å². The SMILES string of the molecule is Cc1cccc(CNC(=O)c2cnc(Nc3cc(C)on3)nc2)c1. The zero-order chi connectivity index (χ0) is 16.9. The third kappa shape index (κ3) is 3.95. The van der Waals surface area contributed by atoms with Crippen LogP contribution < -0.4 is 10.6 Å². The average Bonchev–Trinajstić information content (AvgIpc) is 2.98. The Morgan fingerprint density at radius 2 is 1.96 bits per heavy atom. The molecule has 0 fully saturated rings. The molecule has 0 aliphatic rings. The van der Waals surface area contributed by atoms with Gasteiger partial charge in [0.05, 0.1) is 5.56 Å². The molecule has 2 N–H and O–H groups in total. The van der Waals surface area contributed by atoms with Crippen molar-refractivity contribution in [2.75, 3.05) is 5.32 Å². The number of carbonyl (C=O) groups is 1. The molecule has 0 spiro atoms. The number of rotatable bonds is 5. The molecular formula is C17H17N5O2. The smallest absolute Gasteiger partial charge is 0.254 e. The second kappa shape index (κ2) is 6.91. The number of anilines is 2. The Labute approximate surface area is 139 Å². The molecule has 24 heavy (non-hydrogen) atoms. The number of carbonyl (C=O) groups excluding carboxylic acids is 1. The van der Waals surface area contributed by atoms with E-state index in [4.69, 9.17) is 4.52 Å². The van der Waals surface area contributed by atoms with Gasteiger partial charge in [0, 0.05) is 25.0 Å². The van der Waals surface area contributed by atoms with Crippen molar-refractivity contribution in [2.24, 2.45) is 0 Å². The van der Waals surface area contributed by atoms with Crippen molar-refractivity contribution in [1.82, 2.24) is 20.4 Å². The third-order valence-corrected chi connectivity index (χ3v) is 3.32. The molecule has 0 aliphatic carbocycles. The quantitative estimate of drug-likeness (QED) is 0.750. The van der Waals surface area contributed by atoms with Gasteiger partial charge in [-0.25, -0.2) is 9.97 Å². The lowest BCUT2D eigenvalue weighted by Gasteiger charge is -2.06. The van der Waals surface area contributed by atoms with E-state index in [-0.39, 0.29) is 5.91 Å². The Balaban J connectivity index is 1.59. The minimum absolute atomic E-state index is 0.222. The van der Waals surface area contributed by atoms with Crippen LogP contribution in [-0.4, -0.2) is 21.0 Å². The maximum absolute atomic E-state index is 12.1. The van der Waals surface area contributed by atoms with Gasteiger partial charge in [-0.3, -0.25) is 4.79 Å². The molecule has 0 saturated heterocycles. The molecule has 0 atom stereocenters. The van der Waals surface area contributed by atoms with Gasteiger partial charge in [0.15, 0.2) is 5.82 Å². The van der Waals surface area contributed by atoms with Crippen LogP contribution in [0.2, 0.25) is 0 Å². The molecule has 0 unspecified atom stereocenters. The molecule has 122 valence electrons. The third-order valence-electron chi connectivity index (χ3n) is 3.32.